The maximum Gasteiger partial charge on any atom is 3.00 e. The van der Waals surface area contributed by atoms with Gasteiger partial charge in [0.25, 0.3) is 0 Å². The van der Waals surface area contributed by atoms with Crippen molar-refractivity contribution in [3.63, 3.8) is 0 Å². The summed E-state index contributed by atoms with van der Waals surface area (Å²) in [5.74, 6) is 0. The number of rotatable bonds is 6. The number of halogens is 4. The molecule has 6 aromatic rings. The first-order valence-corrected chi connectivity index (χ1v) is 22.0. The summed E-state index contributed by atoms with van der Waals surface area (Å²) in [5.41, 5.74) is 5.91. The number of allylic oxidation sites excluding steroid dienone is 4. The molecule has 58 heavy (non-hydrogen) atoms. The Balaban J connectivity index is 0.000000632. The van der Waals surface area contributed by atoms with E-state index in [9.17, 15) is 12.9 Å². The van der Waals surface area contributed by atoms with Gasteiger partial charge in [-0.1, -0.05) is 121 Å². The smallest absolute Gasteiger partial charge is 1.00 e. The van der Waals surface area contributed by atoms with Gasteiger partial charge in [-0.05, 0) is 134 Å². The van der Waals surface area contributed by atoms with Crippen LogP contribution in [-0.4, -0.2) is 7.54 Å². The van der Waals surface area contributed by atoms with Gasteiger partial charge < -0.3 is 19.6 Å². The van der Waals surface area contributed by atoms with Gasteiger partial charge in [0, 0.05) is 0 Å². The maximum atomic E-state index is 9.67. The van der Waals surface area contributed by atoms with Gasteiger partial charge in [0.2, 0.25) is 0 Å². The number of aryl methyl sites for hydroxylation is 4. The molecule has 4 bridgehead atoms. The van der Waals surface area contributed by atoms with Crippen LogP contribution in [0.5, 0.6) is 0 Å². The van der Waals surface area contributed by atoms with E-state index in [0.29, 0.717) is 0 Å². The molecule has 0 nitrogen and oxygen atoms in total. The molecule has 6 aromatic carbocycles. The van der Waals surface area contributed by atoms with E-state index in [1.165, 1.54) is 69.2 Å². The fourth-order valence-corrected chi connectivity index (χ4v) is 13.0. The SMILES string of the molecule is C1=C\CC/C=C\CC/1.FB(F)F.[CH3-].[CH3-].[F-].[Rh+3].c1ccc([PH+](c2ccccc2)c2cc3ccc2CCc2ccc(c([PH+](c4ccccc4)c4ccccc4)c2)CC3)cc1. The van der Waals surface area contributed by atoms with Gasteiger partial charge in [-0.2, -0.15) is 0 Å². The van der Waals surface area contributed by atoms with Crippen molar-refractivity contribution in [2.45, 2.75) is 51.4 Å². The molecule has 0 spiro atoms. The van der Waals surface area contributed by atoms with Gasteiger partial charge in [0.05, 0.1) is 15.8 Å². The Bertz CT molecular complexity index is 1840. The van der Waals surface area contributed by atoms with Crippen LogP contribution in [0.15, 0.2) is 182 Å². The molecule has 5 aliphatic carbocycles. The predicted molar refractivity (Wildman–Crippen MR) is 247 cm³/mol. The van der Waals surface area contributed by atoms with E-state index in [4.69, 9.17) is 0 Å². The number of benzene rings is 6. The van der Waals surface area contributed by atoms with E-state index in [0.717, 1.165) is 25.7 Å². The third-order valence-corrected chi connectivity index (χ3v) is 15.5. The van der Waals surface area contributed by atoms with Gasteiger partial charge in [-0.3, -0.25) is 12.9 Å². The minimum absolute atomic E-state index is 0. The van der Waals surface area contributed by atoms with E-state index in [1.807, 2.05) is 0 Å². The van der Waals surface area contributed by atoms with Gasteiger partial charge in [-0.15, -0.1) is 0 Å². The molecule has 11 rings (SSSR count). The zero-order valence-corrected chi connectivity index (χ0v) is 37.0. The Morgan fingerprint density at radius 2 is 0.638 bits per heavy atom. The van der Waals surface area contributed by atoms with E-state index >= 15 is 0 Å². The van der Waals surface area contributed by atoms with Gasteiger partial charge in [-0.25, -0.2) is 0 Å². The van der Waals surface area contributed by atoms with E-state index in [-0.39, 0.29) is 39.0 Å². The average molecular weight is 907 g/mol. The van der Waals surface area contributed by atoms with E-state index < -0.39 is 23.4 Å². The standard InChI is InChI=1S/C40H34P2.C8H12.2CH3.BF3.FH.Rh/c1-5-13-35(14-6-1)41(36-15-7-2-8-16-36)39-29-31-21-25-33(39)27-23-32-22-26-34(28-24-31)40(30-32)42(37-17-9-3-10-18-37)38-19-11-4-12-20-38;1-2-4-6-8-7-5-3-1;;;2-1(3)4;;/h1-22,25-26,29-30H,23-24,27-28H2;1-2,7-8H,3-6H2;2*1H3;;1H;/q;;2*-1;;;+3/p+1/b;2-1-,8-7-;;;;;. The normalized spacial score (nSPS) is 13.6. The molecule has 0 atom stereocenters. The van der Waals surface area contributed by atoms with Crippen molar-refractivity contribution >= 4 is 55.2 Å². The van der Waals surface area contributed by atoms with Crippen LogP contribution < -0.4 is 36.5 Å². The molecule has 8 heteroatoms. The first kappa shape index (κ1) is 50.2. The maximum absolute atomic E-state index is 9.67. The van der Waals surface area contributed by atoms with Crippen molar-refractivity contribution in [1.29, 1.82) is 0 Å². The Kier molecular flexibility index (Phi) is 23.3. The third-order valence-electron chi connectivity index (χ3n) is 9.84. The summed E-state index contributed by atoms with van der Waals surface area (Å²) in [4.78, 5) is 0. The second-order valence-corrected chi connectivity index (χ2v) is 18.4. The third kappa shape index (κ3) is 14.7. The fourth-order valence-electron chi connectivity index (χ4n) is 7.25. The molecule has 5 aliphatic rings. The molecule has 0 aliphatic heterocycles. The summed E-state index contributed by atoms with van der Waals surface area (Å²) in [5, 5.41) is 8.96. The van der Waals surface area contributed by atoms with Crippen molar-refractivity contribution in [2.24, 2.45) is 0 Å². The Morgan fingerprint density at radius 3 is 0.897 bits per heavy atom. The van der Waals surface area contributed by atoms with Crippen LogP contribution in [0.25, 0.3) is 0 Å². The summed E-state index contributed by atoms with van der Waals surface area (Å²) in [6.07, 6.45) is 18.2. The minimum atomic E-state index is -3.67. The van der Waals surface area contributed by atoms with E-state index in [2.05, 4.69) is 182 Å². The topological polar surface area (TPSA) is 0 Å². The second kappa shape index (κ2) is 26.9. The van der Waals surface area contributed by atoms with Crippen molar-refractivity contribution in [2.75, 3.05) is 0 Å². The molecule has 0 radical (unpaired) electrons. The average Bonchev–Trinajstić information content (AvgIpc) is 3.18. The molecule has 0 heterocycles. The molecule has 0 saturated heterocycles. The molecule has 0 aromatic heterocycles. The first-order valence-electron chi connectivity index (χ1n) is 19.0. The molecule has 0 amide bonds. The Morgan fingerprint density at radius 1 is 0.379 bits per heavy atom. The van der Waals surface area contributed by atoms with Gasteiger partial charge in [0.15, 0.2) is 0 Å². The number of hydrogen-bond donors (Lipinski definition) is 0. The van der Waals surface area contributed by atoms with Crippen LogP contribution in [0.4, 0.5) is 12.9 Å². The first-order chi connectivity index (χ1) is 26.6. The van der Waals surface area contributed by atoms with E-state index in [1.54, 1.807) is 10.6 Å². The number of hydrogen-bond acceptors (Lipinski definition) is 0. The Hall–Kier alpha value is -3.93. The van der Waals surface area contributed by atoms with Crippen LogP contribution in [0.1, 0.15) is 47.9 Å². The van der Waals surface area contributed by atoms with Crippen molar-refractivity contribution in [1.82, 2.24) is 0 Å². The largest absolute Gasteiger partial charge is 3.00 e. The summed E-state index contributed by atoms with van der Waals surface area (Å²) >= 11 is 0. The summed E-state index contributed by atoms with van der Waals surface area (Å²) in [7, 11) is -5.90. The van der Waals surface area contributed by atoms with Crippen molar-refractivity contribution in [3.8, 4) is 0 Å². The van der Waals surface area contributed by atoms with Crippen molar-refractivity contribution < 1.29 is 37.1 Å². The predicted octanol–water partition coefficient (Wildman–Crippen LogP) is 8.01. The monoisotopic (exact) mass is 906 g/mol. The molecular weight excluding hydrogens is 852 g/mol. The fraction of sp³-hybridized carbons (Fsp3) is 0.160. The van der Waals surface area contributed by atoms with Gasteiger partial charge in [0.1, 0.15) is 31.8 Å². The summed E-state index contributed by atoms with van der Waals surface area (Å²) < 4.78 is 29.0. The van der Waals surface area contributed by atoms with Crippen LogP contribution in [0.3, 0.4) is 0 Å². The van der Waals surface area contributed by atoms with Crippen LogP contribution in [-0.2, 0) is 45.2 Å². The minimum Gasteiger partial charge on any atom is -1.00 e. The second-order valence-electron chi connectivity index (χ2n) is 13.5. The molecule has 0 saturated carbocycles. The van der Waals surface area contributed by atoms with Crippen LogP contribution in [0, 0.1) is 14.9 Å². The molecular formula is C50H54BF4P2Rh+2. The molecule has 0 unspecified atom stereocenters. The quantitative estimate of drug-likeness (QED) is 0.0523. The summed E-state index contributed by atoms with van der Waals surface area (Å²) in [6, 6.07) is 59.7. The Labute approximate surface area is 361 Å². The van der Waals surface area contributed by atoms with Crippen molar-refractivity contribution in [3.05, 3.63) is 219 Å². The molecule has 302 valence electrons. The zero-order chi connectivity index (χ0) is 37.4. The summed E-state index contributed by atoms with van der Waals surface area (Å²) in [6.45, 7) is 0. The van der Waals surface area contributed by atoms with Crippen LogP contribution in [0.2, 0.25) is 0 Å². The van der Waals surface area contributed by atoms with Crippen LogP contribution >= 0.6 is 15.8 Å². The molecule has 0 fully saturated rings. The van der Waals surface area contributed by atoms with Gasteiger partial charge >= 0.3 is 27.0 Å². The molecule has 0 N–H and O–H groups in total. The zero-order valence-electron chi connectivity index (χ0n) is 33.4.